The predicted molar refractivity (Wildman–Crippen MR) is 102 cm³/mol. The largest absolute Gasteiger partial charge is 0.502 e. The van der Waals surface area contributed by atoms with Gasteiger partial charge in [0.1, 0.15) is 0 Å². The molecule has 1 saturated heterocycles. The number of likely N-dealkylation sites (tertiary alicyclic amines) is 1. The second-order valence-corrected chi connectivity index (χ2v) is 8.09. The molecule has 1 amide bonds. The standard InChI is InChI=1S/C18H19N3O6S/c22-17-9-8-13(12-16(17)21(24)25)28(26,27)19-15-7-3-2-6-14(15)18(23)20-10-4-1-5-11-20/h2-3,6-9,12,19,22H,1,4-5,10-11H2. The van der Waals surface area contributed by atoms with Crippen molar-refractivity contribution in [3.05, 3.63) is 58.1 Å². The van der Waals surface area contributed by atoms with Crippen LogP contribution in [0.1, 0.15) is 29.6 Å². The molecule has 0 atom stereocenters. The molecule has 0 bridgehead atoms. The molecule has 0 saturated carbocycles. The van der Waals surface area contributed by atoms with E-state index < -0.39 is 31.3 Å². The van der Waals surface area contributed by atoms with Gasteiger partial charge in [0, 0.05) is 19.2 Å². The number of carbonyl (C=O) groups is 1. The number of phenolic OH excluding ortho intramolecular Hbond substituents is 1. The Balaban J connectivity index is 1.92. The van der Waals surface area contributed by atoms with Crippen molar-refractivity contribution in [1.29, 1.82) is 0 Å². The fraction of sp³-hybridized carbons (Fsp3) is 0.278. The van der Waals surface area contributed by atoms with Crippen LogP contribution in [0.25, 0.3) is 0 Å². The SMILES string of the molecule is O=C(c1ccccc1NS(=O)(=O)c1ccc(O)c([N+](=O)[O-])c1)N1CCCCC1. The molecule has 10 heteroatoms. The van der Waals surface area contributed by atoms with E-state index >= 15 is 0 Å². The molecule has 1 fully saturated rings. The lowest BCUT2D eigenvalue weighted by molar-refractivity contribution is -0.386. The summed E-state index contributed by atoms with van der Waals surface area (Å²) in [4.78, 5) is 24.2. The number of nitro benzene ring substituents is 1. The van der Waals surface area contributed by atoms with Gasteiger partial charge in [-0.15, -0.1) is 0 Å². The van der Waals surface area contributed by atoms with E-state index in [4.69, 9.17) is 0 Å². The summed E-state index contributed by atoms with van der Waals surface area (Å²) in [7, 11) is -4.21. The van der Waals surface area contributed by atoms with Crippen LogP contribution in [0.3, 0.4) is 0 Å². The molecular formula is C18H19N3O6S. The third-order valence-electron chi connectivity index (χ3n) is 4.50. The smallest absolute Gasteiger partial charge is 0.312 e. The Labute approximate surface area is 161 Å². The zero-order chi connectivity index (χ0) is 20.3. The average Bonchev–Trinajstić information content (AvgIpc) is 2.68. The number of piperidine rings is 1. The van der Waals surface area contributed by atoms with Gasteiger partial charge in [-0.25, -0.2) is 8.42 Å². The van der Waals surface area contributed by atoms with Crippen LogP contribution in [0.5, 0.6) is 5.75 Å². The minimum atomic E-state index is -4.21. The van der Waals surface area contributed by atoms with Crippen molar-refractivity contribution in [1.82, 2.24) is 4.90 Å². The maximum atomic E-state index is 12.8. The zero-order valence-electron chi connectivity index (χ0n) is 14.9. The summed E-state index contributed by atoms with van der Waals surface area (Å²) in [6.07, 6.45) is 2.85. The molecule has 9 nitrogen and oxygen atoms in total. The van der Waals surface area contributed by atoms with Gasteiger partial charge < -0.3 is 10.0 Å². The number of amides is 1. The highest BCUT2D eigenvalue weighted by molar-refractivity contribution is 7.92. The molecule has 28 heavy (non-hydrogen) atoms. The average molecular weight is 405 g/mol. The van der Waals surface area contributed by atoms with Crippen LogP contribution in [-0.2, 0) is 10.0 Å². The maximum absolute atomic E-state index is 12.8. The molecule has 1 heterocycles. The Morgan fingerprint density at radius 1 is 1.11 bits per heavy atom. The first-order valence-electron chi connectivity index (χ1n) is 8.68. The number of hydrogen-bond acceptors (Lipinski definition) is 6. The molecular weight excluding hydrogens is 386 g/mol. The third-order valence-corrected chi connectivity index (χ3v) is 5.86. The minimum absolute atomic E-state index is 0.0915. The number of hydrogen-bond donors (Lipinski definition) is 2. The van der Waals surface area contributed by atoms with Crippen molar-refractivity contribution in [2.45, 2.75) is 24.2 Å². The summed E-state index contributed by atoms with van der Waals surface area (Å²) in [5.41, 5.74) is -0.421. The van der Waals surface area contributed by atoms with E-state index in [9.17, 15) is 28.4 Å². The number of benzene rings is 2. The van der Waals surface area contributed by atoms with Crippen molar-refractivity contribution in [3.8, 4) is 5.75 Å². The lowest BCUT2D eigenvalue weighted by Crippen LogP contribution is -2.36. The number of nitro groups is 1. The summed E-state index contributed by atoms with van der Waals surface area (Å²) in [5, 5.41) is 20.5. The van der Waals surface area contributed by atoms with Gasteiger partial charge in [-0.1, -0.05) is 12.1 Å². The fourth-order valence-electron chi connectivity index (χ4n) is 3.05. The summed E-state index contributed by atoms with van der Waals surface area (Å²) < 4.78 is 27.7. The molecule has 3 rings (SSSR count). The summed E-state index contributed by atoms with van der Waals surface area (Å²) in [5.74, 6) is -0.903. The number of carbonyl (C=O) groups excluding carboxylic acids is 1. The van der Waals surface area contributed by atoms with E-state index in [2.05, 4.69) is 4.72 Å². The first-order chi connectivity index (χ1) is 13.3. The highest BCUT2D eigenvalue weighted by Crippen LogP contribution is 2.30. The number of para-hydroxylation sites is 1. The van der Waals surface area contributed by atoms with Crippen molar-refractivity contribution >= 4 is 27.3 Å². The van der Waals surface area contributed by atoms with Crippen LogP contribution < -0.4 is 4.72 Å². The monoisotopic (exact) mass is 405 g/mol. The number of anilines is 1. The third kappa shape index (κ3) is 4.06. The molecule has 2 aromatic carbocycles. The number of nitrogens with one attached hydrogen (secondary N) is 1. The number of rotatable bonds is 5. The summed E-state index contributed by atoms with van der Waals surface area (Å²) >= 11 is 0. The Morgan fingerprint density at radius 3 is 2.46 bits per heavy atom. The Hall–Kier alpha value is -3.14. The van der Waals surface area contributed by atoms with Crippen LogP contribution in [0.2, 0.25) is 0 Å². The lowest BCUT2D eigenvalue weighted by atomic mass is 10.1. The van der Waals surface area contributed by atoms with Gasteiger partial charge in [-0.3, -0.25) is 19.6 Å². The second-order valence-electron chi connectivity index (χ2n) is 6.41. The Morgan fingerprint density at radius 2 is 1.79 bits per heavy atom. The number of aromatic hydroxyl groups is 1. The van der Waals surface area contributed by atoms with Crippen LogP contribution in [0.4, 0.5) is 11.4 Å². The van der Waals surface area contributed by atoms with E-state index in [1.807, 2.05) is 0 Å². The van der Waals surface area contributed by atoms with Gasteiger partial charge in [0.2, 0.25) is 0 Å². The van der Waals surface area contributed by atoms with Crippen molar-refractivity contribution in [2.75, 3.05) is 17.8 Å². The predicted octanol–water partition coefficient (Wildman–Crippen LogP) is 2.73. The molecule has 0 unspecified atom stereocenters. The molecule has 0 aliphatic carbocycles. The minimum Gasteiger partial charge on any atom is -0.502 e. The summed E-state index contributed by atoms with van der Waals surface area (Å²) in [6.45, 7) is 1.23. The van der Waals surface area contributed by atoms with Gasteiger partial charge in [0.05, 0.1) is 21.1 Å². The normalized spacial score (nSPS) is 14.5. The molecule has 2 N–H and O–H groups in total. The lowest BCUT2D eigenvalue weighted by Gasteiger charge is -2.27. The number of nitrogens with zero attached hydrogens (tertiary/aromatic N) is 2. The van der Waals surface area contributed by atoms with Crippen LogP contribution >= 0.6 is 0 Å². The molecule has 1 aliphatic heterocycles. The second kappa shape index (κ2) is 7.85. The van der Waals surface area contributed by atoms with Gasteiger partial charge in [0.25, 0.3) is 15.9 Å². The van der Waals surface area contributed by atoms with E-state index in [0.717, 1.165) is 37.5 Å². The highest BCUT2D eigenvalue weighted by atomic mass is 32.2. The first-order valence-corrected chi connectivity index (χ1v) is 10.2. The molecule has 1 aliphatic rings. The molecule has 148 valence electrons. The Bertz CT molecular complexity index is 1020. The van der Waals surface area contributed by atoms with E-state index in [-0.39, 0.29) is 17.2 Å². The highest BCUT2D eigenvalue weighted by Gasteiger charge is 2.25. The fourth-order valence-corrected chi connectivity index (χ4v) is 4.15. The molecule has 0 aromatic heterocycles. The topological polar surface area (TPSA) is 130 Å². The molecule has 0 radical (unpaired) electrons. The van der Waals surface area contributed by atoms with Gasteiger partial charge >= 0.3 is 5.69 Å². The van der Waals surface area contributed by atoms with Crippen molar-refractivity contribution in [2.24, 2.45) is 0 Å². The van der Waals surface area contributed by atoms with Crippen LogP contribution in [0, 0.1) is 10.1 Å². The Kier molecular flexibility index (Phi) is 5.50. The van der Waals surface area contributed by atoms with E-state index in [1.165, 1.54) is 12.1 Å². The van der Waals surface area contributed by atoms with Gasteiger partial charge in [-0.2, -0.15) is 0 Å². The molecule has 0 spiro atoms. The van der Waals surface area contributed by atoms with Crippen LogP contribution in [-0.4, -0.2) is 42.3 Å². The van der Waals surface area contributed by atoms with Crippen molar-refractivity contribution < 1.29 is 23.2 Å². The van der Waals surface area contributed by atoms with Gasteiger partial charge in [-0.05, 0) is 43.5 Å². The van der Waals surface area contributed by atoms with E-state index in [1.54, 1.807) is 17.0 Å². The van der Waals surface area contributed by atoms with Gasteiger partial charge in [0.15, 0.2) is 5.75 Å². The summed E-state index contributed by atoms with van der Waals surface area (Å²) in [6, 6.07) is 8.99. The maximum Gasteiger partial charge on any atom is 0.312 e. The number of phenols is 1. The quantitative estimate of drug-likeness (QED) is 0.581. The molecule has 2 aromatic rings. The number of sulfonamides is 1. The van der Waals surface area contributed by atoms with Crippen molar-refractivity contribution in [3.63, 3.8) is 0 Å². The van der Waals surface area contributed by atoms with Crippen LogP contribution in [0.15, 0.2) is 47.4 Å². The zero-order valence-corrected chi connectivity index (χ0v) is 15.7. The first kappa shape index (κ1) is 19.6. The van der Waals surface area contributed by atoms with E-state index in [0.29, 0.717) is 13.1 Å².